The molecular weight excluding hydrogens is 248 g/mol. The van der Waals surface area contributed by atoms with Gasteiger partial charge in [-0.25, -0.2) is 0 Å². The van der Waals surface area contributed by atoms with Gasteiger partial charge in [-0.1, -0.05) is 18.2 Å². The molecule has 0 bridgehead atoms. The zero-order chi connectivity index (χ0) is 14.6. The van der Waals surface area contributed by atoms with Gasteiger partial charge >= 0.3 is 0 Å². The lowest BCUT2D eigenvalue weighted by Crippen LogP contribution is -2.36. The molecule has 1 saturated heterocycles. The summed E-state index contributed by atoms with van der Waals surface area (Å²) < 4.78 is 5.74. The molecule has 1 fully saturated rings. The maximum atomic E-state index is 5.74. The van der Waals surface area contributed by atoms with Crippen molar-refractivity contribution < 1.29 is 4.74 Å². The van der Waals surface area contributed by atoms with Crippen LogP contribution < -0.4 is 10.2 Å². The number of ether oxygens (including phenoxy) is 1. The fourth-order valence-electron chi connectivity index (χ4n) is 2.59. The van der Waals surface area contributed by atoms with Gasteiger partial charge in [-0.15, -0.1) is 0 Å². The Kier molecular flexibility index (Phi) is 5.06. The molecule has 1 N–H and O–H groups in total. The second-order valence-corrected chi connectivity index (χ2v) is 6.75. The lowest BCUT2D eigenvalue weighted by Gasteiger charge is -2.27. The number of nitrogens with one attached hydrogen (secondary N) is 1. The average Bonchev–Trinajstić information content (AvgIpc) is 2.88. The first kappa shape index (κ1) is 15.3. The van der Waals surface area contributed by atoms with Crippen LogP contribution in [0.3, 0.4) is 0 Å². The molecule has 1 aliphatic heterocycles. The van der Waals surface area contributed by atoms with Crippen molar-refractivity contribution in [2.24, 2.45) is 0 Å². The molecule has 0 amide bonds. The van der Waals surface area contributed by atoms with Crippen LogP contribution in [0.15, 0.2) is 24.3 Å². The van der Waals surface area contributed by atoms with Crippen molar-refractivity contribution in [2.75, 3.05) is 25.1 Å². The molecule has 0 saturated carbocycles. The van der Waals surface area contributed by atoms with Crippen LogP contribution in [-0.4, -0.2) is 31.8 Å². The van der Waals surface area contributed by atoms with E-state index in [1.54, 1.807) is 0 Å². The Morgan fingerprint density at radius 3 is 2.70 bits per heavy atom. The molecule has 1 aliphatic rings. The van der Waals surface area contributed by atoms with Crippen molar-refractivity contribution in [1.82, 2.24) is 5.32 Å². The predicted octanol–water partition coefficient (Wildman–Crippen LogP) is 3.19. The fourth-order valence-corrected chi connectivity index (χ4v) is 2.59. The molecular formula is C17H28N2O. The molecule has 1 aromatic carbocycles. The first-order valence-corrected chi connectivity index (χ1v) is 7.61. The molecule has 2 rings (SSSR count). The van der Waals surface area contributed by atoms with E-state index in [0.717, 1.165) is 19.7 Å². The Labute approximate surface area is 123 Å². The quantitative estimate of drug-likeness (QED) is 0.894. The number of likely N-dealkylation sites (N-methyl/N-ethyl adjacent to an activating group) is 1. The minimum Gasteiger partial charge on any atom is -0.376 e. The predicted molar refractivity (Wildman–Crippen MR) is 85.3 cm³/mol. The van der Waals surface area contributed by atoms with E-state index in [9.17, 15) is 0 Å². The van der Waals surface area contributed by atoms with Crippen LogP contribution in [0.1, 0.15) is 39.2 Å². The summed E-state index contributed by atoms with van der Waals surface area (Å²) in [6.07, 6.45) is 2.78. The van der Waals surface area contributed by atoms with E-state index in [-0.39, 0.29) is 5.54 Å². The summed E-state index contributed by atoms with van der Waals surface area (Å²) in [5, 5.41) is 3.57. The standard InChI is InChI=1S/C17H28N2O/c1-17(2,3)18-12-14-8-5-6-10-16(14)19(4)13-15-9-7-11-20-15/h5-6,8,10,15,18H,7,9,11-13H2,1-4H3. The third-order valence-electron chi connectivity index (χ3n) is 3.71. The molecule has 0 aromatic heterocycles. The average molecular weight is 276 g/mol. The van der Waals surface area contributed by atoms with Crippen LogP contribution in [-0.2, 0) is 11.3 Å². The lowest BCUT2D eigenvalue weighted by molar-refractivity contribution is 0.116. The smallest absolute Gasteiger partial charge is 0.0750 e. The van der Waals surface area contributed by atoms with Crippen LogP contribution in [0.25, 0.3) is 0 Å². The Morgan fingerprint density at radius 1 is 1.30 bits per heavy atom. The molecule has 0 spiro atoms. The number of hydrogen-bond acceptors (Lipinski definition) is 3. The second kappa shape index (κ2) is 6.59. The van der Waals surface area contributed by atoms with Crippen molar-refractivity contribution in [2.45, 2.75) is 51.8 Å². The monoisotopic (exact) mass is 276 g/mol. The van der Waals surface area contributed by atoms with Crippen LogP contribution in [0.5, 0.6) is 0 Å². The van der Waals surface area contributed by atoms with E-state index in [4.69, 9.17) is 4.74 Å². The topological polar surface area (TPSA) is 24.5 Å². The highest BCUT2D eigenvalue weighted by atomic mass is 16.5. The summed E-state index contributed by atoms with van der Waals surface area (Å²) in [4.78, 5) is 2.33. The molecule has 0 radical (unpaired) electrons. The number of anilines is 1. The normalized spacial score (nSPS) is 19.3. The Balaban J connectivity index is 2.02. The summed E-state index contributed by atoms with van der Waals surface area (Å²) in [5.74, 6) is 0. The van der Waals surface area contributed by atoms with Crippen LogP contribution in [0.4, 0.5) is 5.69 Å². The Morgan fingerprint density at radius 2 is 2.05 bits per heavy atom. The Bertz CT molecular complexity index is 419. The van der Waals surface area contributed by atoms with Gasteiger partial charge in [0.25, 0.3) is 0 Å². The molecule has 3 heteroatoms. The first-order valence-electron chi connectivity index (χ1n) is 7.61. The Hall–Kier alpha value is -1.06. The van der Waals surface area contributed by atoms with E-state index in [2.05, 4.69) is 62.3 Å². The number of rotatable bonds is 5. The molecule has 0 aliphatic carbocycles. The third kappa shape index (κ3) is 4.50. The van der Waals surface area contributed by atoms with Gasteiger partial charge in [-0.2, -0.15) is 0 Å². The van der Waals surface area contributed by atoms with Gasteiger partial charge < -0.3 is 15.0 Å². The van der Waals surface area contributed by atoms with Gasteiger partial charge in [-0.05, 0) is 45.2 Å². The van der Waals surface area contributed by atoms with Crippen LogP contribution in [0.2, 0.25) is 0 Å². The summed E-state index contributed by atoms with van der Waals surface area (Å²) in [6.45, 7) is 9.40. The number of nitrogens with zero attached hydrogens (tertiary/aromatic N) is 1. The summed E-state index contributed by atoms with van der Waals surface area (Å²) in [7, 11) is 2.16. The van der Waals surface area contributed by atoms with Crippen LogP contribution in [0, 0.1) is 0 Å². The van der Waals surface area contributed by atoms with Crippen molar-refractivity contribution in [1.29, 1.82) is 0 Å². The molecule has 112 valence electrons. The number of hydrogen-bond donors (Lipinski definition) is 1. The molecule has 1 unspecified atom stereocenters. The van der Waals surface area contributed by atoms with E-state index >= 15 is 0 Å². The summed E-state index contributed by atoms with van der Waals surface area (Å²) >= 11 is 0. The SMILES string of the molecule is CN(CC1CCCO1)c1ccccc1CNC(C)(C)C. The highest BCUT2D eigenvalue weighted by Crippen LogP contribution is 2.22. The van der Waals surface area contributed by atoms with Gasteiger partial charge in [0.2, 0.25) is 0 Å². The number of para-hydroxylation sites is 1. The van der Waals surface area contributed by atoms with E-state index in [0.29, 0.717) is 6.10 Å². The zero-order valence-corrected chi connectivity index (χ0v) is 13.3. The summed E-state index contributed by atoms with van der Waals surface area (Å²) in [5.41, 5.74) is 2.79. The van der Waals surface area contributed by atoms with Gasteiger partial charge in [-0.3, -0.25) is 0 Å². The largest absolute Gasteiger partial charge is 0.376 e. The first-order chi connectivity index (χ1) is 9.46. The molecule has 20 heavy (non-hydrogen) atoms. The van der Waals surface area contributed by atoms with E-state index in [1.807, 2.05) is 0 Å². The van der Waals surface area contributed by atoms with Crippen molar-refractivity contribution in [3.05, 3.63) is 29.8 Å². The van der Waals surface area contributed by atoms with Crippen molar-refractivity contribution in [3.8, 4) is 0 Å². The molecule has 3 nitrogen and oxygen atoms in total. The van der Waals surface area contributed by atoms with Crippen LogP contribution >= 0.6 is 0 Å². The molecule has 1 heterocycles. The fraction of sp³-hybridized carbons (Fsp3) is 0.647. The number of benzene rings is 1. The molecule has 1 aromatic rings. The zero-order valence-electron chi connectivity index (χ0n) is 13.3. The van der Waals surface area contributed by atoms with Gasteiger partial charge in [0.1, 0.15) is 0 Å². The van der Waals surface area contributed by atoms with E-state index < -0.39 is 0 Å². The molecule has 1 atom stereocenters. The maximum Gasteiger partial charge on any atom is 0.0750 e. The minimum atomic E-state index is 0.139. The van der Waals surface area contributed by atoms with Gasteiger partial charge in [0.15, 0.2) is 0 Å². The summed E-state index contributed by atoms with van der Waals surface area (Å²) in [6, 6.07) is 8.64. The van der Waals surface area contributed by atoms with E-state index in [1.165, 1.54) is 24.1 Å². The van der Waals surface area contributed by atoms with Crippen molar-refractivity contribution in [3.63, 3.8) is 0 Å². The minimum absolute atomic E-state index is 0.139. The van der Waals surface area contributed by atoms with Crippen molar-refractivity contribution >= 4 is 5.69 Å². The van der Waals surface area contributed by atoms with Gasteiger partial charge in [0, 0.05) is 38.0 Å². The highest BCUT2D eigenvalue weighted by molar-refractivity contribution is 5.53. The lowest BCUT2D eigenvalue weighted by atomic mass is 10.1. The highest BCUT2D eigenvalue weighted by Gasteiger charge is 2.19. The third-order valence-corrected chi connectivity index (χ3v) is 3.71. The second-order valence-electron chi connectivity index (χ2n) is 6.75. The maximum absolute atomic E-state index is 5.74. The van der Waals surface area contributed by atoms with Gasteiger partial charge in [0.05, 0.1) is 6.10 Å².